The van der Waals surface area contributed by atoms with Crippen LogP contribution in [0.5, 0.6) is 0 Å². The lowest BCUT2D eigenvalue weighted by molar-refractivity contribution is -0.384. The molecule has 0 saturated carbocycles. The van der Waals surface area contributed by atoms with Gasteiger partial charge in [0.15, 0.2) is 0 Å². The van der Waals surface area contributed by atoms with Gasteiger partial charge >= 0.3 is 0 Å². The zero-order chi connectivity index (χ0) is 13.9. The van der Waals surface area contributed by atoms with Crippen LogP contribution in [0.1, 0.15) is 24.2 Å². The van der Waals surface area contributed by atoms with Crippen molar-refractivity contribution in [2.75, 3.05) is 6.54 Å². The molecule has 1 aromatic carbocycles. The Labute approximate surface area is 109 Å². The molecular formula is C11H14ClN3O3. The highest BCUT2D eigenvalue weighted by Crippen LogP contribution is 2.20. The normalized spacial score (nSPS) is 11.1. The van der Waals surface area contributed by atoms with Gasteiger partial charge in [0.1, 0.15) is 0 Å². The van der Waals surface area contributed by atoms with Gasteiger partial charge in [0, 0.05) is 34.8 Å². The number of nitro groups is 1. The second kappa shape index (κ2) is 5.32. The molecule has 0 bridgehead atoms. The van der Waals surface area contributed by atoms with E-state index >= 15 is 0 Å². The van der Waals surface area contributed by atoms with Gasteiger partial charge in [-0.3, -0.25) is 14.9 Å². The number of benzene rings is 1. The molecule has 0 aromatic heterocycles. The van der Waals surface area contributed by atoms with E-state index in [1.165, 1.54) is 18.2 Å². The third-order valence-corrected chi connectivity index (χ3v) is 2.28. The molecule has 1 aromatic rings. The maximum absolute atomic E-state index is 11.8. The summed E-state index contributed by atoms with van der Waals surface area (Å²) in [5.74, 6) is -0.445. The van der Waals surface area contributed by atoms with Crippen molar-refractivity contribution in [3.63, 3.8) is 0 Å². The molecule has 0 atom stereocenters. The van der Waals surface area contributed by atoms with Crippen molar-refractivity contribution >= 4 is 23.2 Å². The minimum atomic E-state index is -0.602. The van der Waals surface area contributed by atoms with Gasteiger partial charge < -0.3 is 11.1 Å². The van der Waals surface area contributed by atoms with E-state index in [1.807, 2.05) is 0 Å². The Hall–Kier alpha value is -1.66. The zero-order valence-corrected chi connectivity index (χ0v) is 10.8. The first-order valence-electron chi connectivity index (χ1n) is 5.21. The molecule has 1 rings (SSSR count). The molecule has 0 aliphatic rings. The van der Waals surface area contributed by atoms with Crippen LogP contribution in [0.4, 0.5) is 5.69 Å². The van der Waals surface area contributed by atoms with E-state index in [2.05, 4.69) is 5.32 Å². The van der Waals surface area contributed by atoms with E-state index in [-0.39, 0.29) is 22.8 Å². The molecule has 7 heteroatoms. The van der Waals surface area contributed by atoms with Gasteiger partial charge in [-0.1, -0.05) is 11.6 Å². The number of nitrogens with zero attached hydrogens (tertiary/aromatic N) is 1. The largest absolute Gasteiger partial charge is 0.350 e. The second-order valence-corrected chi connectivity index (χ2v) is 5.06. The van der Waals surface area contributed by atoms with Crippen LogP contribution < -0.4 is 11.1 Å². The smallest absolute Gasteiger partial charge is 0.271 e. The Kier molecular flexibility index (Phi) is 4.26. The van der Waals surface area contributed by atoms with Crippen molar-refractivity contribution in [3.8, 4) is 0 Å². The molecule has 3 N–H and O–H groups in total. The molecule has 0 saturated heterocycles. The van der Waals surface area contributed by atoms with Crippen molar-refractivity contribution in [1.29, 1.82) is 0 Å². The first-order chi connectivity index (χ1) is 8.19. The monoisotopic (exact) mass is 271 g/mol. The number of non-ortho nitro benzene ring substituents is 1. The lowest BCUT2D eigenvalue weighted by Gasteiger charge is -2.18. The van der Waals surface area contributed by atoms with Crippen molar-refractivity contribution in [2.45, 2.75) is 19.4 Å². The molecule has 0 unspecified atom stereocenters. The van der Waals surface area contributed by atoms with Crippen molar-refractivity contribution in [2.24, 2.45) is 5.73 Å². The van der Waals surface area contributed by atoms with Crippen LogP contribution in [0.15, 0.2) is 18.2 Å². The summed E-state index contributed by atoms with van der Waals surface area (Å²) >= 11 is 5.72. The number of hydrogen-bond acceptors (Lipinski definition) is 4. The minimum Gasteiger partial charge on any atom is -0.350 e. The number of nitro benzene ring substituents is 1. The molecule has 0 fully saturated rings. The Morgan fingerprint density at radius 1 is 1.50 bits per heavy atom. The fraction of sp³-hybridized carbons (Fsp3) is 0.364. The predicted octanol–water partition coefficient (Wildman–Crippen LogP) is 1.72. The van der Waals surface area contributed by atoms with Crippen LogP contribution in [0.25, 0.3) is 0 Å². The summed E-state index contributed by atoms with van der Waals surface area (Å²) in [5, 5.41) is 13.4. The summed E-state index contributed by atoms with van der Waals surface area (Å²) in [6.07, 6.45) is 0. The number of amides is 1. The highest BCUT2D eigenvalue weighted by molar-refractivity contribution is 6.31. The average molecular weight is 272 g/mol. The first-order valence-corrected chi connectivity index (χ1v) is 5.59. The highest BCUT2D eigenvalue weighted by Gasteiger charge is 2.16. The Morgan fingerprint density at radius 3 is 2.61 bits per heavy atom. The molecule has 0 aliphatic heterocycles. The molecule has 1 amide bonds. The lowest BCUT2D eigenvalue weighted by atomic mass is 10.1. The molecule has 98 valence electrons. The van der Waals surface area contributed by atoms with Crippen LogP contribution in [0, 0.1) is 10.1 Å². The van der Waals surface area contributed by atoms with Gasteiger partial charge in [-0.15, -0.1) is 0 Å². The number of halogens is 1. The SMILES string of the molecule is CC(C)(N)CNC(=O)c1cc(Cl)cc([N+](=O)[O-])c1. The number of carbonyl (C=O) groups is 1. The van der Waals surface area contributed by atoms with Crippen molar-refractivity contribution in [3.05, 3.63) is 38.9 Å². The van der Waals surface area contributed by atoms with Gasteiger partial charge in [-0.25, -0.2) is 0 Å². The van der Waals surface area contributed by atoms with Crippen molar-refractivity contribution in [1.82, 2.24) is 5.32 Å². The number of nitrogens with one attached hydrogen (secondary N) is 1. The number of carbonyl (C=O) groups excluding carboxylic acids is 1. The van der Waals surface area contributed by atoms with Crippen LogP contribution in [-0.4, -0.2) is 22.9 Å². The Balaban J connectivity index is 2.89. The van der Waals surface area contributed by atoms with E-state index in [0.717, 1.165) is 0 Å². The highest BCUT2D eigenvalue weighted by atomic mass is 35.5. The molecule has 18 heavy (non-hydrogen) atoms. The second-order valence-electron chi connectivity index (χ2n) is 4.63. The van der Waals surface area contributed by atoms with Crippen LogP contribution >= 0.6 is 11.6 Å². The van der Waals surface area contributed by atoms with Gasteiger partial charge in [0.2, 0.25) is 0 Å². The molecule has 6 nitrogen and oxygen atoms in total. The Bertz CT molecular complexity index is 483. The molecule has 0 heterocycles. The molecule has 0 aliphatic carbocycles. The van der Waals surface area contributed by atoms with Gasteiger partial charge in [-0.2, -0.15) is 0 Å². The van der Waals surface area contributed by atoms with Crippen LogP contribution in [0.2, 0.25) is 5.02 Å². The summed E-state index contributed by atoms with van der Waals surface area (Å²) < 4.78 is 0. The van der Waals surface area contributed by atoms with E-state index in [9.17, 15) is 14.9 Å². The summed E-state index contributed by atoms with van der Waals surface area (Å²) in [5.41, 5.74) is 5.08. The molecule has 0 spiro atoms. The third-order valence-electron chi connectivity index (χ3n) is 2.06. The number of nitrogens with two attached hydrogens (primary N) is 1. The van der Waals surface area contributed by atoms with E-state index in [0.29, 0.717) is 0 Å². The van der Waals surface area contributed by atoms with E-state index < -0.39 is 16.4 Å². The topological polar surface area (TPSA) is 98.3 Å². The van der Waals surface area contributed by atoms with Gasteiger partial charge in [0.05, 0.1) is 4.92 Å². The van der Waals surface area contributed by atoms with E-state index in [4.69, 9.17) is 17.3 Å². The standard InChI is InChI=1S/C11H14ClN3O3/c1-11(2,13)6-14-10(16)7-3-8(12)5-9(4-7)15(17)18/h3-5H,6,13H2,1-2H3,(H,14,16). The first kappa shape index (κ1) is 14.4. The maximum atomic E-state index is 11.8. The summed E-state index contributed by atoms with van der Waals surface area (Å²) in [7, 11) is 0. The summed E-state index contributed by atoms with van der Waals surface area (Å²) in [6, 6.07) is 3.73. The Morgan fingerprint density at radius 2 is 2.11 bits per heavy atom. The average Bonchev–Trinajstić information content (AvgIpc) is 2.23. The third kappa shape index (κ3) is 4.31. The van der Waals surface area contributed by atoms with Crippen LogP contribution in [-0.2, 0) is 0 Å². The minimum absolute atomic E-state index is 0.137. The zero-order valence-electron chi connectivity index (χ0n) is 10.1. The lowest BCUT2D eigenvalue weighted by Crippen LogP contribution is -2.45. The number of hydrogen-bond donors (Lipinski definition) is 2. The predicted molar refractivity (Wildman–Crippen MR) is 68.7 cm³/mol. The fourth-order valence-corrected chi connectivity index (χ4v) is 1.45. The van der Waals surface area contributed by atoms with Crippen LogP contribution in [0.3, 0.4) is 0 Å². The molecule has 0 radical (unpaired) electrons. The maximum Gasteiger partial charge on any atom is 0.271 e. The quantitative estimate of drug-likeness (QED) is 0.643. The molecular weight excluding hydrogens is 258 g/mol. The fourth-order valence-electron chi connectivity index (χ4n) is 1.22. The summed E-state index contributed by atoms with van der Waals surface area (Å²) in [6.45, 7) is 3.77. The number of rotatable bonds is 4. The van der Waals surface area contributed by atoms with Gasteiger partial charge in [0.25, 0.3) is 11.6 Å². The summed E-state index contributed by atoms with van der Waals surface area (Å²) in [4.78, 5) is 21.8. The van der Waals surface area contributed by atoms with Crippen molar-refractivity contribution < 1.29 is 9.72 Å². The van der Waals surface area contributed by atoms with Gasteiger partial charge in [-0.05, 0) is 19.9 Å². The van der Waals surface area contributed by atoms with E-state index in [1.54, 1.807) is 13.8 Å².